The molecule has 8 heteroatoms. The summed E-state index contributed by atoms with van der Waals surface area (Å²) in [5.41, 5.74) is 4.18. The number of anilines is 3. The Balaban J connectivity index is 1.62. The molecule has 0 unspecified atom stereocenters. The van der Waals surface area contributed by atoms with Gasteiger partial charge < -0.3 is 10.2 Å². The third-order valence-corrected chi connectivity index (χ3v) is 7.08. The summed E-state index contributed by atoms with van der Waals surface area (Å²) in [6, 6.07) is 10.4. The van der Waals surface area contributed by atoms with E-state index < -0.39 is 4.92 Å². The van der Waals surface area contributed by atoms with Crippen LogP contribution in [0.25, 0.3) is 0 Å². The predicted molar refractivity (Wildman–Crippen MR) is 129 cm³/mol. The van der Waals surface area contributed by atoms with Crippen molar-refractivity contribution in [3.8, 4) is 0 Å². The first kappa shape index (κ1) is 22.0. The van der Waals surface area contributed by atoms with E-state index >= 15 is 0 Å². The summed E-state index contributed by atoms with van der Waals surface area (Å²) in [5, 5.41) is 15.7. The Kier molecular flexibility index (Phi) is 6.23. The van der Waals surface area contributed by atoms with E-state index in [4.69, 9.17) is 0 Å². The minimum Gasteiger partial charge on any atom is -0.350 e. The molecule has 2 aromatic carbocycles. The number of carbonyl (C=O) groups excluding carboxylic acids is 1. The van der Waals surface area contributed by atoms with Crippen molar-refractivity contribution >= 4 is 39.3 Å². The highest BCUT2D eigenvalue weighted by molar-refractivity contribution is 7.17. The van der Waals surface area contributed by atoms with Crippen molar-refractivity contribution < 1.29 is 9.72 Å². The third kappa shape index (κ3) is 4.50. The van der Waals surface area contributed by atoms with Gasteiger partial charge in [0.15, 0.2) is 5.13 Å². The summed E-state index contributed by atoms with van der Waals surface area (Å²) in [6.07, 6.45) is 3.48. The van der Waals surface area contributed by atoms with Gasteiger partial charge in [-0.2, -0.15) is 0 Å². The van der Waals surface area contributed by atoms with Crippen molar-refractivity contribution in [2.24, 2.45) is 0 Å². The normalized spacial score (nSPS) is 13.8. The van der Waals surface area contributed by atoms with Gasteiger partial charge in [-0.15, -0.1) is 0 Å². The van der Waals surface area contributed by atoms with E-state index in [-0.39, 0.29) is 11.5 Å². The van der Waals surface area contributed by atoms with Gasteiger partial charge in [0.25, 0.3) is 5.69 Å². The molecule has 0 bridgehead atoms. The molecule has 2 heterocycles. The smallest absolute Gasteiger partial charge is 0.293 e. The van der Waals surface area contributed by atoms with Crippen molar-refractivity contribution in [2.45, 2.75) is 40.0 Å². The molecule has 32 heavy (non-hydrogen) atoms. The topological polar surface area (TPSA) is 88.4 Å². The number of ketones is 1. The molecule has 1 aliphatic rings. The summed E-state index contributed by atoms with van der Waals surface area (Å²) in [4.78, 5) is 31.9. The molecule has 7 nitrogen and oxygen atoms in total. The van der Waals surface area contributed by atoms with Crippen LogP contribution in [0.4, 0.5) is 22.2 Å². The highest BCUT2D eigenvalue weighted by Crippen LogP contribution is 2.33. The maximum Gasteiger partial charge on any atom is 0.293 e. The number of thiazole rings is 1. The van der Waals surface area contributed by atoms with Gasteiger partial charge in [0.2, 0.25) is 5.78 Å². The van der Waals surface area contributed by atoms with Crippen LogP contribution in [0.1, 0.15) is 51.3 Å². The van der Waals surface area contributed by atoms with E-state index in [1.54, 1.807) is 12.1 Å². The fourth-order valence-electron chi connectivity index (χ4n) is 3.85. The summed E-state index contributed by atoms with van der Waals surface area (Å²) in [6.45, 7) is 7.73. The number of nitrogens with zero attached hydrogens (tertiary/aromatic N) is 3. The molecular weight excluding hydrogens is 424 g/mol. The van der Waals surface area contributed by atoms with Gasteiger partial charge in [-0.3, -0.25) is 14.9 Å². The summed E-state index contributed by atoms with van der Waals surface area (Å²) in [5.74, 6) is -0.232. The minimum absolute atomic E-state index is 0.132. The van der Waals surface area contributed by atoms with Crippen LogP contribution in [0.2, 0.25) is 0 Å². The number of hydrogen-bond acceptors (Lipinski definition) is 7. The van der Waals surface area contributed by atoms with Crippen molar-refractivity contribution in [3.05, 3.63) is 73.8 Å². The zero-order chi connectivity index (χ0) is 22.8. The van der Waals surface area contributed by atoms with Gasteiger partial charge in [0.05, 0.1) is 15.5 Å². The average Bonchev–Trinajstić information content (AvgIpc) is 3.18. The van der Waals surface area contributed by atoms with Crippen LogP contribution >= 0.6 is 11.3 Å². The van der Waals surface area contributed by atoms with Crippen LogP contribution in [-0.4, -0.2) is 28.8 Å². The van der Waals surface area contributed by atoms with Crippen LogP contribution in [0.5, 0.6) is 0 Å². The number of nitro groups is 1. The molecule has 166 valence electrons. The predicted octanol–water partition coefficient (Wildman–Crippen LogP) is 5.94. The Morgan fingerprint density at radius 1 is 1.06 bits per heavy atom. The van der Waals surface area contributed by atoms with Gasteiger partial charge >= 0.3 is 0 Å². The molecule has 1 N–H and O–H groups in total. The molecule has 3 aromatic rings. The summed E-state index contributed by atoms with van der Waals surface area (Å²) >= 11 is 1.37. The van der Waals surface area contributed by atoms with E-state index in [1.165, 1.54) is 23.8 Å². The maximum absolute atomic E-state index is 13.2. The quantitative estimate of drug-likeness (QED) is 0.284. The molecule has 0 atom stereocenters. The van der Waals surface area contributed by atoms with Crippen LogP contribution in [0.3, 0.4) is 0 Å². The van der Waals surface area contributed by atoms with Crippen LogP contribution in [0, 0.1) is 30.9 Å². The standard InChI is InChI=1S/C24H26N4O3S/c1-15-7-9-19(13-16(15)2)26-20-10-8-18(14-21(20)28(30)31)22(29)23-17(3)25-24(32-23)27-11-5-4-6-12-27/h7-10,13-14,26H,4-6,11-12H2,1-3H3. The molecule has 0 spiro atoms. The highest BCUT2D eigenvalue weighted by atomic mass is 32.1. The van der Waals surface area contributed by atoms with E-state index in [9.17, 15) is 14.9 Å². The third-order valence-electron chi connectivity index (χ3n) is 5.86. The summed E-state index contributed by atoms with van der Waals surface area (Å²) in [7, 11) is 0. The Labute approximate surface area is 191 Å². The highest BCUT2D eigenvalue weighted by Gasteiger charge is 2.24. The molecular formula is C24H26N4O3S. The van der Waals surface area contributed by atoms with E-state index in [0.717, 1.165) is 47.9 Å². The lowest BCUT2D eigenvalue weighted by Gasteiger charge is -2.25. The Bertz CT molecular complexity index is 1180. The lowest BCUT2D eigenvalue weighted by atomic mass is 10.1. The maximum atomic E-state index is 13.2. The van der Waals surface area contributed by atoms with E-state index in [2.05, 4.69) is 15.2 Å². The number of aromatic nitrogens is 1. The molecule has 0 aliphatic carbocycles. The molecule has 1 aliphatic heterocycles. The SMILES string of the molecule is Cc1ccc(Nc2ccc(C(=O)c3sc(N4CCCCC4)nc3C)cc2[N+](=O)[O-])cc1C. The second kappa shape index (κ2) is 9.08. The van der Waals surface area contributed by atoms with Crippen molar-refractivity contribution in [2.75, 3.05) is 23.3 Å². The number of carbonyl (C=O) groups is 1. The largest absolute Gasteiger partial charge is 0.350 e. The summed E-state index contributed by atoms with van der Waals surface area (Å²) < 4.78 is 0. The lowest BCUT2D eigenvalue weighted by molar-refractivity contribution is -0.383. The molecule has 0 amide bonds. The first-order valence-corrected chi connectivity index (χ1v) is 11.5. The Morgan fingerprint density at radius 3 is 2.50 bits per heavy atom. The number of hydrogen-bond donors (Lipinski definition) is 1. The second-order valence-electron chi connectivity index (χ2n) is 8.20. The second-order valence-corrected chi connectivity index (χ2v) is 9.18. The number of nitrogens with one attached hydrogen (secondary N) is 1. The number of aryl methyl sites for hydroxylation is 3. The van der Waals surface area contributed by atoms with Crippen LogP contribution in [-0.2, 0) is 0 Å². The fraction of sp³-hybridized carbons (Fsp3) is 0.333. The van der Waals surface area contributed by atoms with Gasteiger partial charge in [-0.1, -0.05) is 17.4 Å². The van der Waals surface area contributed by atoms with Crippen molar-refractivity contribution in [1.29, 1.82) is 0 Å². The number of rotatable bonds is 6. The Hall–Kier alpha value is -3.26. The monoisotopic (exact) mass is 450 g/mol. The van der Waals surface area contributed by atoms with Crippen molar-refractivity contribution in [1.82, 2.24) is 4.98 Å². The zero-order valence-electron chi connectivity index (χ0n) is 18.5. The zero-order valence-corrected chi connectivity index (χ0v) is 19.3. The minimum atomic E-state index is -0.459. The fourth-order valence-corrected chi connectivity index (χ4v) is 4.93. The number of benzene rings is 2. The van der Waals surface area contributed by atoms with Gasteiger partial charge in [0.1, 0.15) is 5.69 Å². The molecule has 0 radical (unpaired) electrons. The van der Waals surface area contributed by atoms with E-state index in [1.807, 2.05) is 39.0 Å². The van der Waals surface area contributed by atoms with Gasteiger partial charge in [0, 0.05) is 30.4 Å². The molecule has 4 rings (SSSR count). The van der Waals surface area contributed by atoms with Crippen LogP contribution < -0.4 is 10.2 Å². The molecule has 1 aromatic heterocycles. The lowest BCUT2D eigenvalue weighted by Crippen LogP contribution is -2.29. The molecule has 1 saturated heterocycles. The van der Waals surface area contributed by atoms with Gasteiger partial charge in [-0.05, 0) is 75.4 Å². The molecule has 0 saturated carbocycles. The number of nitro benzene ring substituents is 1. The van der Waals surface area contributed by atoms with E-state index in [0.29, 0.717) is 21.8 Å². The first-order chi connectivity index (χ1) is 15.3. The molecule has 1 fully saturated rings. The van der Waals surface area contributed by atoms with Crippen LogP contribution in [0.15, 0.2) is 36.4 Å². The first-order valence-electron chi connectivity index (χ1n) is 10.7. The van der Waals surface area contributed by atoms with Gasteiger partial charge in [-0.25, -0.2) is 4.98 Å². The Morgan fingerprint density at radius 2 is 1.81 bits per heavy atom. The number of piperidine rings is 1. The van der Waals surface area contributed by atoms with Crippen molar-refractivity contribution in [3.63, 3.8) is 0 Å². The average molecular weight is 451 g/mol.